The van der Waals surface area contributed by atoms with Gasteiger partial charge >= 0.3 is 5.91 Å². The van der Waals surface area contributed by atoms with Gasteiger partial charge in [0.25, 0.3) is 0 Å². The second-order valence-corrected chi connectivity index (χ2v) is 6.14. The Kier molecular flexibility index (Phi) is 5.39. The van der Waals surface area contributed by atoms with Gasteiger partial charge in [-0.2, -0.15) is 0 Å². The smallest absolute Gasteiger partial charge is 0.300 e. The van der Waals surface area contributed by atoms with Gasteiger partial charge in [0.15, 0.2) is 5.76 Å². The predicted molar refractivity (Wildman–Crippen MR) is 81.7 cm³/mol. The first-order valence-corrected chi connectivity index (χ1v) is 7.54. The van der Waals surface area contributed by atoms with Gasteiger partial charge < -0.3 is 9.32 Å². The second kappa shape index (κ2) is 7.06. The summed E-state index contributed by atoms with van der Waals surface area (Å²) in [6, 6.07) is 1.79. The molecular weight excluding hydrogens is 268 g/mol. The Morgan fingerprint density at radius 1 is 1.33 bits per heavy atom. The molecule has 2 rings (SSSR count). The Morgan fingerprint density at radius 2 is 1.95 bits per heavy atom. The van der Waals surface area contributed by atoms with E-state index in [4.69, 9.17) is 10.3 Å². The molecule has 1 fully saturated rings. The summed E-state index contributed by atoms with van der Waals surface area (Å²) in [7, 11) is 0. The zero-order chi connectivity index (χ0) is 15.4. The Labute approximate surface area is 126 Å². The van der Waals surface area contributed by atoms with E-state index in [1.165, 1.54) is 6.54 Å². The number of carbonyl (C=O) groups is 1. The Hall–Kier alpha value is -1.37. The van der Waals surface area contributed by atoms with E-state index in [-0.39, 0.29) is 11.7 Å². The Bertz CT molecular complexity index is 476. The molecule has 2 heterocycles. The topological polar surface area (TPSA) is 74.7 Å². The molecule has 3 N–H and O–H groups in total. The zero-order valence-electron chi connectivity index (χ0n) is 13.2. The van der Waals surface area contributed by atoms with Crippen molar-refractivity contribution in [1.82, 2.24) is 15.2 Å². The fourth-order valence-electron chi connectivity index (χ4n) is 2.75. The molecule has 0 bridgehead atoms. The third-order valence-electron chi connectivity index (χ3n) is 3.86. The van der Waals surface area contributed by atoms with Gasteiger partial charge in [-0.1, -0.05) is 13.8 Å². The highest BCUT2D eigenvalue weighted by Crippen LogP contribution is 2.18. The van der Waals surface area contributed by atoms with E-state index in [0.29, 0.717) is 5.92 Å². The lowest BCUT2D eigenvalue weighted by Crippen LogP contribution is -2.46. The number of hydrogen-bond donors (Lipinski definition) is 2. The molecule has 1 saturated heterocycles. The quantitative estimate of drug-likeness (QED) is 0.481. The van der Waals surface area contributed by atoms with Gasteiger partial charge in [0.05, 0.1) is 0 Å². The summed E-state index contributed by atoms with van der Waals surface area (Å²) in [6.07, 6.45) is 0. The number of nitrogen functional groups attached to an aromatic ring is 1. The largest absolute Gasteiger partial charge is 0.456 e. The monoisotopic (exact) mass is 294 g/mol. The van der Waals surface area contributed by atoms with Crippen LogP contribution in [0.4, 0.5) is 0 Å². The van der Waals surface area contributed by atoms with Crippen molar-refractivity contribution in [2.75, 3.05) is 32.7 Å². The van der Waals surface area contributed by atoms with Crippen molar-refractivity contribution in [3.05, 3.63) is 23.2 Å². The number of piperazine rings is 1. The molecule has 1 aliphatic rings. The molecule has 0 radical (unpaired) electrons. The lowest BCUT2D eigenvalue weighted by Gasteiger charge is -2.35. The predicted octanol–water partition coefficient (Wildman–Crippen LogP) is 0.965. The SMILES string of the molecule is Cc1oc(C(=O)NN)cc1CN1CCN(CC(C)C)CC1. The fraction of sp³-hybridized carbons (Fsp3) is 0.667. The summed E-state index contributed by atoms with van der Waals surface area (Å²) < 4.78 is 5.45. The number of amides is 1. The molecular formula is C15H26N4O2. The number of aryl methyl sites for hydroxylation is 1. The molecule has 0 saturated carbocycles. The first-order chi connectivity index (χ1) is 9.99. The van der Waals surface area contributed by atoms with E-state index in [2.05, 4.69) is 29.1 Å². The van der Waals surface area contributed by atoms with Gasteiger partial charge in [-0.3, -0.25) is 15.1 Å². The number of nitrogens with one attached hydrogen (secondary N) is 1. The molecule has 0 aromatic carbocycles. The number of rotatable bonds is 5. The van der Waals surface area contributed by atoms with Crippen LogP contribution in [-0.4, -0.2) is 48.4 Å². The van der Waals surface area contributed by atoms with Crippen LogP contribution in [-0.2, 0) is 6.54 Å². The summed E-state index contributed by atoms with van der Waals surface area (Å²) in [4.78, 5) is 16.4. The van der Waals surface area contributed by atoms with Crippen molar-refractivity contribution in [3.8, 4) is 0 Å². The summed E-state index contributed by atoms with van der Waals surface area (Å²) in [5, 5.41) is 0. The van der Waals surface area contributed by atoms with Gasteiger partial charge in [0.1, 0.15) is 5.76 Å². The minimum absolute atomic E-state index is 0.281. The highest BCUT2D eigenvalue weighted by molar-refractivity contribution is 5.91. The first kappa shape index (κ1) is 16.0. The molecule has 118 valence electrons. The van der Waals surface area contributed by atoms with Crippen molar-refractivity contribution >= 4 is 5.91 Å². The molecule has 0 atom stereocenters. The maximum Gasteiger partial charge on any atom is 0.300 e. The molecule has 6 nitrogen and oxygen atoms in total. The van der Waals surface area contributed by atoms with Crippen LogP contribution in [0.15, 0.2) is 10.5 Å². The number of furan rings is 1. The average molecular weight is 294 g/mol. The maximum atomic E-state index is 11.5. The molecule has 6 heteroatoms. The Morgan fingerprint density at radius 3 is 2.52 bits per heavy atom. The van der Waals surface area contributed by atoms with E-state index in [1.807, 2.05) is 6.92 Å². The molecule has 0 unspecified atom stereocenters. The highest BCUT2D eigenvalue weighted by Gasteiger charge is 2.20. The van der Waals surface area contributed by atoms with Gasteiger partial charge in [0, 0.05) is 44.8 Å². The summed E-state index contributed by atoms with van der Waals surface area (Å²) in [5.41, 5.74) is 3.16. The van der Waals surface area contributed by atoms with Crippen molar-refractivity contribution in [2.24, 2.45) is 11.8 Å². The van der Waals surface area contributed by atoms with Crippen molar-refractivity contribution < 1.29 is 9.21 Å². The number of hydrazine groups is 1. The highest BCUT2D eigenvalue weighted by atomic mass is 16.4. The average Bonchev–Trinajstić information content (AvgIpc) is 2.81. The van der Waals surface area contributed by atoms with Crippen LogP contribution in [0.5, 0.6) is 0 Å². The molecule has 1 aliphatic heterocycles. The van der Waals surface area contributed by atoms with Crippen LogP contribution in [0.25, 0.3) is 0 Å². The lowest BCUT2D eigenvalue weighted by molar-refractivity contribution is 0.0924. The van der Waals surface area contributed by atoms with Crippen molar-refractivity contribution in [3.63, 3.8) is 0 Å². The summed E-state index contributed by atoms with van der Waals surface area (Å²) in [5.74, 6) is 6.53. The summed E-state index contributed by atoms with van der Waals surface area (Å²) in [6.45, 7) is 12.7. The van der Waals surface area contributed by atoms with Crippen molar-refractivity contribution in [1.29, 1.82) is 0 Å². The van der Waals surface area contributed by atoms with Gasteiger partial charge in [-0.25, -0.2) is 5.84 Å². The minimum atomic E-state index is -0.383. The van der Waals surface area contributed by atoms with Gasteiger partial charge in [0.2, 0.25) is 0 Å². The van der Waals surface area contributed by atoms with Gasteiger partial charge in [-0.05, 0) is 18.9 Å². The second-order valence-electron chi connectivity index (χ2n) is 6.14. The van der Waals surface area contributed by atoms with Crippen LogP contribution >= 0.6 is 0 Å². The number of carbonyl (C=O) groups excluding carboxylic acids is 1. The van der Waals surface area contributed by atoms with E-state index in [1.54, 1.807) is 6.07 Å². The van der Waals surface area contributed by atoms with E-state index in [0.717, 1.165) is 44.0 Å². The third-order valence-corrected chi connectivity index (χ3v) is 3.86. The summed E-state index contributed by atoms with van der Waals surface area (Å²) >= 11 is 0. The van der Waals surface area contributed by atoms with Crippen LogP contribution in [0, 0.1) is 12.8 Å². The molecule has 1 amide bonds. The zero-order valence-corrected chi connectivity index (χ0v) is 13.2. The molecule has 0 aliphatic carbocycles. The number of hydrogen-bond acceptors (Lipinski definition) is 5. The van der Waals surface area contributed by atoms with Crippen molar-refractivity contribution in [2.45, 2.75) is 27.3 Å². The van der Waals surface area contributed by atoms with Crippen LogP contribution in [0.2, 0.25) is 0 Å². The van der Waals surface area contributed by atoms with Gasteiger partial charge in [-0.15, -0.1) is 0 Å². The standard InChI is InChI=1S/C15H26N4O2/c1-11(2)9-18-4-6-19(7-5-18)10-13-8-14(15(20)17-16)21-12(13)3/h8,11H,4-7,9-10,16H2,1-3H3,(H,17,20). The van der Waals surface area contributed by atoms with E-state index >= 15 is 0 Å². The molecule has 1 aromatic heterocycles. The maximum absolute atomic E-state index is 11.5. The normalized spacial score (nSPS) is 17.4. The van der Waals surface area contributed by atoms with E-state index < -0.39 is 0 Å². The molecule has 21 heavy (non-hydrogen) atoms. The van der Waals surface area contributed by atoms with Crippen LogP contribution in [0.3, 0.4) is 0 Å². The number of nitrogens with zero attached hydrogens (tertiary/aromatic N) is 2. The Balaban J connectivity index is 1.89. The molecule has 0 spiro atoms. The first-order valence-electron chi connectivity index (χ1n) is 7.54. The third kappa shape index (κ3) is 4.30. The number of nitrogens with two attached hydrogens (primary N) is 1. The minimum Gasteiger partial charge on any atom is -0.456 e. The van der Waals surface area contributed by atoms with Crippen LogP contribution < -0.4 is 11.3 Å². The van der Waals surface area contributed by atoms with E-state index in [9.17, 15) is 4.79 Å². The lowest BCUT2D eigenvalue weighted by atomic mass is 10.1. The molecule has 1 aromatic rings. The fourth-order valence-corrected chi connectivity index (χ4v) is 2.75. The van der Waals surface area contributed by atoms with Crippen LogP contribution in [0.1, 0.15) is 35.7 Å².